The number of hydrogen-bond donors (Lipinski definition) is 0. The van der Waals surface area contributed by atoms with Crippen molar-refractivity contribution in [3.63, 3.8) is 0 Å². The maximum absolute atomic E-state index is 14.6. The van der Waals surface area contributed by atoms with Crippen LogP contribution in [0.4, 0.5) is 22.0 Å². The molecule has 7 nitrogen and oxygen atoms in total. The molecule has 4 heterocycles. The van der Waals surface area contributed by atoms with E-state index in [4.69, 9.17) is 4.74 Å². The van der Waals surface area contributed by atoms with Crippen molar-refractivity contribution in [1.82, 2.24) is 24.9 Å². The number of alkyl halides is 3. The molecule has 2 aromatic heterocycles. The molecule has 12 heteroatoms. The first kappa shape index (κ1) is 22.2. The molecular formula is C22H18F5N5O2. The fourth-order valence-corrected chi connectivity index (χ4v) is 4.68. The molecule has 2 bridgehead atoms. The van der Waals surface area contributed by atoms with Crippen molar-refractivity contribution in [2.45, 2.75) is 37.6 Å². The SMILES string of the molecule is O=C(c1cccc(F)c1-n1nccn1)N1C[C@H]2CC[C@H]1[C@H](Oc1ncc(C(F)(F)F)cc1F)C2. The number of carbonyl (C=O) groups is 1. The van der Waals surface area contributed by atoms with Crippen molar-refractivity contribution in [2.75, 3.05) is 6.54 Å². The van der Waals surface area contributed by atoms with Gasteiger partial charge in [0.2, 0.25) is 0 Å². The number of halogens is 5. The zero-order chi connectivity index (χ0) is 24.0. The number of para-hydroxylation sites is 1. The monoisotopic (exact) mass is 479 g/mol. The maximum atomic E-state index is 14.6. The van der Waals surface area contributed by atoms with E-state index in [0.29, 0.717) is 31.6 Å². The topological polar surface area (TPSA) is 73.1 Å². The van der Waals surface area contributed by atoms with E-state index in [9.17, 15) is 26.7 Å². The van der Waals surface area contributed by atoms with Gasteiger partial charge in [-0.15, -0.1) is 4.80 Å². The van der Waals surface area contributed by atoms with Crippen molar-refractivity contribution in [1.29, 1.82) is 0 Å². The number of piperidine rings is 2. The van der Waals surface area contributed by atoms with Gasteiger partial charge in [0.1, 0.15) is 11.8 Å². The zero-order valence-corrected chi connectivity index (χ0v) is 17.5. The highest BCUT2D eigenvalue weighted by Crippen LogP contribution is 2.39. The number of carbonyl (C=O) groups excluding carboxylic acids is 1. The van der Waals surface area contributed by atoms with Gasteiger partial charge in [0.05, 0.1) is 29.6 Å². The van der Waals surface area contributed by atoms with E-state index in [2.05, 4.69) is 15.2 Å². The van der Waals surface area contributed by atoms with Crippen molar-refractivity contribution < 1.29 is 31.5 Å². The summed E-state index contributed by atoms with van der Waals surface area (Å²) < 4.78 is 73.1. The van der Waals surface area contributed by atoms with Crippen molar-refractivity contribution >= 4 is 5.91 Å². The Hall–Kier alpha value is -3.57. The Morgan fingerprint density at radius 2 is 1.85 bits per heavy atom. The zero-order valence-electron chi connectivity index (χ0n) is 17.5. The van der Waals surface area contributed by atoms with Crippen LogP contribution in [0.15, 0.2) is 42.9 Å². The molecule has 3 fully saturated rings. The molecule has 6 rings (SSSR count). The van der Waals surface area contributed by atoms with Crippen LogP contribution in [0.25, 0.3) is 5.69 Å². The third-order valence-electron chi connectivity index (χ3n) is 6.22. The van der Waals surface area contributed by atoms with Crippen LogP contribution < -0.4 is 4.74 Å². The van der Waals surface area contributed by atoms with Gasteiger partial charge < -0.3 is 9.64 Å². The van der Waals surface area contributed by atoms with E-state index in [0.717, 1.165) is 11.2 Å². The third kappa shape index (κ3) is 3.97. The van der Waals surface area contributed by atoms with Crippen LogP contribution in [-0.4, -0.2) is 49.5 Å². The number of hydrogen-bond acceptors (Lipinski definition) is 5. The van der Waals surface area contributed by atoms with Crippen LogP contribution in [0.2, 0.25) is 0 Å². The number of amides is 1. The minimum atomic E-state index is -4.73. The predicted molar refractivity (Wildman–Crippen MR) is 107 cm³/mol. The van der Waals surface area contributed by atoms with Gasteiger partial charge in [-0.3, -0.25) is 4.79 Å². The predicted octanol–water partition coefficient (Wildman–Crippen LogP) is 4.03. The van der Waals surface area contributed by atoms with E-state index in [1.54, 1.807) is 4.90 Å². The number of benzene rings is 1. The van der Waals surface area contributed by atoms with Gasteiger partial charge in [0, 0.05) is 12.7 Å². The van der Waals surface area contributed by atoms with E-state index in [1.807, 2.05) is 0 Å². The van der Waals surface area contributed by atoms with Gasteiger partial charge in [0.25, 0.3) is 11.8 Å². The molecule has 2 saturated heterocycles. The lowest BCUT2D eigenvalue weighted by atomic mass is 9.77. The minimum absolute atomic E-state index is 0.0382. The van der Waals surface area contributed by atoms with Crippen molar-refractivity contribution in [3.05, 3.63) is 65.6 Å². The normalized spacial score (nSPS) is 22.1. The molecule has 3 aromatic rings. The summed E-state index contributed by atoms with van der Waals surface area (Å²) in [4.78, 5) is 19.6. The van der Waals surface area contributed by atoms with Crippen LogP contribution in [0, 0.1) is 17.6 Å². The van der Waals surface area contributed by atoms with E-state index >= 15 is 0 Å². The fourth-order valence-electron chi connectivity index (χ4n) is 4.68. The average Bonchev–Trinajstić information content (AvgIpc) is 3.34. The average molecular weight is 479 g/mol. The van der Waals surface area contributed by atoms with Crippen molar-refractivity contribution in [2.24, 2.45) is 5.92 Å². The Labute approximate surface area is 190 Å². The van der Waals surface area contributed by atoms with Gasteiger partial charge in [-0.05, 0) is 43.4 Å². The maximum Gasteiger partial charge on any atom is 0.417 e. The van der Waals surface area contributed by atoms with Crippen LogP contribution >= 0.6 is 0 Å². The number of pyridine rings is 1. The van der Waals surface area contributed by atoms with Crippen LogP contribution in [-0.2, 0) is 6.18 Å². The van der Waals surface area contributed by atoms with Crippen molar-refractivity contribution in [3.8, 4) is 11.6 Å². The molecule has 0 spiro atoms. The number of nitrogens with zero attached hydrogens (tertiary/aromatic N) is 5. The van der Waals surface area contributed by atoms with Crippen LogP contribution in [0.3, 0.4) is 0 Å². The lowest BCUT2D eigenvalue weighted by Crippen LogP contribution is -2.59. The standard InChI is InChI=1S/C22H18F5N5O2/c23-15-3-1-2-14(19(15)32-29-6-7-30-32)21(33)31-11-12-4-5-17(31)18(8-12)34-20-16(24)9-13(10-28-20)22(25,26)27/h1-3,6-7,9-10,12,17-18H,4-5,8,11H2/t12-,17-,18+/m0/s1. The van der Waals surface area contributed by atoms with E-state index < -0.39 is 47.3 Å². The second-order valence-corrected chi connectivity index (χ2v) is 8.32. The fraction of sp³-hybridized carbons (Fsp3) is 0.364. The Balaban J connectivity index is 1.42. The summed E-state index contributed by atoms with van der Waals surface area (Å²) in [5.74, 6) is -2.88. The second kappa shape index (κ2) is 8.33. The van der Waals surface area contributed by atoms with Crippen LogP contribution in [0.1, 0.15) is 35.2 Å². The Kier molecular flexibility index (Phi) is 5.45. The molecule has 1 aliphatic carbocycles. The highest BCUT2D eigenvalue weighted by atomic mass is 19.4. The van der Waals surface area contributed by atoms with E-state index in [1.165, 1.54) is 30.6 Å². The largest absolute Gasteiger partial charge is 0.470 e. The van der Waals surface area contributed by atoms with Gasteiger partial charge in [-0.2, -0.15) is 23.4 Å². The first-order valence-corrected chi connectivity index (χ1v) is 10.6. The van der Waals surface area contributed by atoms with E-state index in [-0.39, 0.29) is 17.2 Å². The smallest absolute Gasteiger partial charge is 0.417 e. The van der Waals surface area contributed by atoms with Crippen LogP contribution in [0.5, 0.6) is 5.88 Å². The first-order chi connectivity index (χ1) is 16.2. The number of ether oxygens (including phenoxy) is 1. The van der Waals surface area contributed by atoms with Gasteiger partial charge >= 0.3 is 6.18 Å². The second-order valence-electron chi connectivity index (χ2n) is 8.32. The number of aromatic nitrogens is 4. The Bertz CT molecular complexity index is 1220. The van der Waals surface area contributed by atoms with Gasteiger partial charge in [0.15, 0.2) is 11.6 Å². The molecule has 1 amide bonds. The molecule has 0 unspecified atom stereocenters. The summed E-state index contributed by atoms with van der Waals surface area (Å²) in [7, 11) is 0. The highest BCUT2D eigenvalue weighted by molar-refractivity contribution is 5.98. The van der Waals surface area contributed by atoms with Gasteiger partial charge in [-0.25, -0.2) is 13.8 Å². The Morgan fingerprint density at radius 3 is 2.53 bits per heavy atom. The molecule has 1 saturated carbocycles. The molecular weight excluding hydrogens is 461 g/mol. The minimum Gasteiger partial charge on any atom is -0.470 e. The summed E-state index contributed by atoms with van der Waals surface area (Å²) >= 11 is 0. The lowest BCUT2D eigenvalue weighted by molar-refractivity contribution is -0.138. The molecule has 34 heavy (non-hydrogen) atoms. The quantitative estimate of drug-likeness (QED) is 0.529. The third-order valence-corrected chi connectivity index (χ3v) is 6.22. The molecule has 1 aromatic carbocycles. The summed E-state index contributed by atoms with van der Waals surface area (Å²) in [5, 5.41) is 7.86. The first-order valence-electron chi connectivity index (χ1n) is 10.6. The summed E-state index contributed by atoms with van der Waals surface area (Å²) in [6, 6.07) is 3.93. The molecule has 0 N–H and O–H groups in total. The summed E-state index contributed by atoms with van der Waals surface area (Å²) in [6.07, 6.45) is -0.313. The molecule has 3 aliphatic rings. The molecule has 0 radical (unpaired) electrons. The number of rotatable bonds is 4. The number of fused-ring (bicyclic) bond motifs is 3. The molecule has 178 valence electrons. The summed E-state index contributed by atoms with van der Waals surface area (Å²) in [5.41, 5.74) is -1.25. The Morgan fingerprint density at radius 1 is 1.09 bits per heavy atom. The highest BCUT2D eigenvalue weighted by Gasteiger charge is 2.45. The molecule has 3 atom stereocenters. The molecule has 2 aliphatic heterocycles. The summed E-state index contributed by atoms with van der Waals surface area (Å²) in [6.45, 7) is 0.398. The lowest BCUT2D eigenvalue weighted by Gasteiger charge is -2.49. The van der Waals surface area contributed by atoms with Gasteiger partial charge in [-0.1, -0.05) is 6.07 Å².